The van der Waals surface area contributed by atoms with Gasteiger partial charge in [0.05, 0.1) is 30.2 Å². The van der Waals surface area contributed by atoms with Crippen molar-refractivity contribution in [2.45, 2.75) is 13.1 Å². The first-order chi connectivity index (χ1) is 13.6. The standard InChI is InChI=1S/C22H19Cl2NO3/c1-27-21-19(24)13-12-18(23)20(21)22(26)28-25(14-16-8-4-2-5-9-16)15-17-10-6-3-7-11-17/h2-13H,14-15H2,1H3. The lowest BCUT2D eigenvalue weighted by molar-refractivity contribution is -0.123. The molecule has 3 aromatic rings. The SMILES string of the molecule is COc1c(Cl)ccc(Cl)c1C(=O)ON(Cc1ccccc1)Cc1ccccc1. The molecule has 0 aliphatic heterocycles. The number of halogens is 2. The Morgan fingerprint density at radius 1 is 0.821 bits per heavy atom. The Hall–Kier alpha value is -2.53. The van der Waals surface area contributed by atoms with Gasteiger partial charge in [0.2, 0.25) is 0 Å². The van der Waals surface area contributed by atoms with Crippen LogP contribution in [0.25, 0.3) is 0 Å². The summed E-state index contributed by atoms with van der Waals surface area (Å²) in [5.41, 5.74) is 2.12. The molecule has 144 valence electrons. The van der Waals surface area contributed by atoms with Gasteiger partial charge in [-0.2, -0.15) is 0 Å². The van der Waals surface area contributed by atoms with E-state index in [2.05, 4.69) is 0 Å². The number of benzene rings is 3. The van der Waals surface area contributed by atoms with E-state index in [-0.39, 0.29) is 21.4 Å². The van der Waals surface area contributed by atoms with Crippen molar-refractivity contribution < 1.29 is 14.4 Å². The molecule has 6 heteroatoms. The van der Waals surface area contributed by atoms with Crippen LogP contribution in [-0.4, -0.2) is 18.1 Å². The lowest BCUT2D eigenvalue weighted by Crippen LogP contribution is -2.27. The topological polar surface area (TPSA) is 38.8 Å². The highest BCUT2D eigenvalue weighted by Crippen LogP contribution is 2.34. The zero-order valence-corrected chi connectivity index (χ0v) is 16.8. The molecule has 3 aromatic carbocycles. The summed E-state index contributed by atoms with van der Waals surface area (Å²) in [5.74, 6) is -0.435. The molecule has 0 unspecified atom stereocenters. The molecule has 0 fully saturated rings. The summed E-state index contributed by atoms with van der Waals surface area (Å²) in [4.78, 5) is 18.6. The Morgan fingerprint density at radius 3 is 1.82 bits per heavy atom. The van der Waals surface area contributed by atoms with Crippen LogP contribution >= 0.6 is 23.2 Å². The van der Waals surface area contributed by atoms with Gasteiger partial charge in [-0.3, -0.25) is 0 Å². The maximum Gasteiger partial charge on any atom is 0.362 e. The number of ether oxygens (including phenoxy) is 1. The third-order valence-electron chi connectivity index (χ3n) is 4.08. The van der Waals surface area contributed by atoms with Crippen molar-refractivity contribution in [1.82, 2.24) is 5.06 Å². The van der Waals surface area contributed by atoms with Crippen molar-refractivity contribution in [2.75, 3.05) is 7.11 Å². The molecule has 0 aromatic heterocycles. The Morgan fingerprint density at radius 2 is 1.32 bits per heavy atom. The first-order valence-corrected chi connectivity index (χ1v) is 9.41. The summed E-state index contributed by atoms with van der Waals surface area (Å²) >= 11 is 12.4. The second kappa shape index (κ2) is 9.60. The number of carbonyl (C=O) groups excluding carboxylic acids is 1. The lowest BCUT2D eigenvalue weighted by atomic mass is 10.2. The van der Waals surface area contributed by atoms with Gasteiger partial charge in [0.25, 0.3) is 0 Å². The van der Waals surface area contributed by atoms with Crippen molar-refractivity contribution in [3.05, 3.63) is 99.5 Å². The Labute approximate surface area is 174 Å². The number of rotatable bonds is 7. The molecule has 0 aliphatic carbocycles. The van der Waals surface area contributed by atoms with Crippen LogP contribution in [0.15, 0.2) is 72.8 Å². The molecule has 0 radical (unpaired) electrons. The van der Waals surface area contributed by atoms with Crippen molar-refractivity contribution in [3.63, 3.8) is 0 Å². The maximum atomic E-state index is 12.9. The highest BCUT2D eigenvalue weighted by atomic mass is 35.5. The van der Waals surface area contributed by atoms with Crippen LogP contribution in [0.4, 0.5) is 0 Å². The fourth-order valence-corrected chi connectivity index (χ4v) is 3.24. The molecule has 0 atom stereocenters. The molecule has 0 saturated heterocycles. The van der Waals surface area contributed by atoms with Crippen molar-refractivity contribution in [2.24, 2.45) is 0 Å². The molecule has 3 rings (SSSR count). The molecule has 28 heavy (non-hydrogen) atoms. The van der Waals surface area contributed by atoms with Crippen molar-refractivity contribution >= 4 is 29.2 Å². The number of carbonyl (C=O) groups is 1. The molecule has 0 amide bonds. The van der Waals surface area contributed by atoms with E-state index < -0.39 is 5.97 Å². The van der Waals surface area contributed by atoms with E-state index in [1.807, 2.05) is 60.7 Å². The summed E-state index contributed by atoms with van der Waals surface area (Å²) in [5, 5.41) is 2.09. The van der Waals surface area contributed by atoms with Crippen LogP contribution in [0.3, 0.4) is 0 Å². The van der Waals surface area contributed by atoms with Crippen LogP contribution in [0, 0.1) is 0 Å². The van der Waals surface area contributed by atoms with Gasteiger partial charge < -0.3 is 9.57 Å². The quantitative estimate of drug-likeness (QED) is 0.458. The molecule has 0 N–H and O–H groups in total. The van der Waals surface area contributed by atoms with Crippen LogP contribution in [0.1, 0.15) is 21.5 Å². The number of hydroxylamine groups is 2. The maximum absolute atomic E-state index is 12.9. The minimum Gasteiger partial charge on any atom is -0.494 e. The molecule has 0 heterocycles. The number of hydrogen-bond donors (Lipinski definition) is 0. The van der Waals surface area contributed by atoms with Gasteiger partial charge in [-0.05, 0) is 23.3 Å². The lowest BCUT2D eigenvalue weighted by Gasteiger charge is -2.22. The Kier molecular flexibility index (Phi) is 6.93. The minimum atomic E-state index is -0.629. The van der Waals surface area contributed by atoms with Gasteiger partial charge in [-0.15, -0.1) is 5.06 Å². The molecule has 0 bridgehead atoms. The van der Waals surface area contributed by atoms with Crippen molar-refractivity contribution in [3.8, 4) is 5.75 Å². The summed E-state index contributed by atoms with van der Waals surface area (Å²) in [6, 6.07) is 22.6. The molecule has 4 nitrogen and oxygen atoms in total. The average molecular weight is 416 g/mol. The monoisotopic (exact) mass is 415 g/mol. The molecule has 0 spiro atoms. The van der Waals surface area contributed by atoms with Crippen LogP contribution in [0.2, 0.25) is 10.0 Å². The van der Waals surface area contributed by atoms with Gasteiger partial charge in [0.1, 0.15) is 5.56 Å². The third kappa shape index (κ3) is 5.04. The largest absolute Gasteiger partial charge is 0.494 e. The van der Waals surface area contributed by atoms with E-state index in [9.17, 15) is 4.79 Å². The van der Waals surface area contributed by atoms with E-state index in [1.54, 1.807) is 17.2 Å². The van der Waals surface area contributed by atoms with Gasteiger partial charge in [-0.1, -0.05) is 83.9 Å². The summed E-state index contributed by atoms with van der Waals surface area (Å²) in [6.45, 7) is 0.837. The summed E-state index contributed by atoms with van der Waals surface area (Å²) < 4.78 is 5.26. The van der Waals surface area contributed by atoms with Crippen LogP contribution in [-0.2, 0) is 17.9 Å². The van der Waals surface area contributed by atoms with E-state index in [0.717, 1.165) is 11.1 Å². The van der Waals surface area contributed by atoms with E-state index in [4.69, 9.17) is 32.8 Å². The smallest absolute Gasteiger partial charge is 0.362 e. The first-order valence-electron chi connectivity index (χ1n) is 8.65. The second-order valence-electron chi connectivity index (χ2n) is 6.09. The normalized spacial score (nSPS) is 10.7. The Balaban J connectivity index is 1.86. The van der Waals surface area contributed by atoms with E-state index in [1.165, 1.54) is 7.11 Å². The minimum absolute atomic E-state index is 0.0998. The summed E-state index contributed by atoms with van der Waals surface area (Å²) in [7, 11) is 1.43. The fraction of sp³-hybridized carbons (Fsp3) is 0.136. The summed E-state index contributed by atoms with van der Waals surface area (Å²) in [6.07, 6.45) is 0. The average Bonchev–Trinajstić information content (AvgIpc) is 2.70. The second-order valence-corrected chi connectivity index (χ2v) is 6.90. The zero-order chi connectivity index (χ0) is 19.9. The number of hydrogen-bond acceptors (Lipinski definition) is 4. The fourth-order valence-electron chi connectivity index (χ4n) is 2.78. The molecular formula is C22H19Cl2NO3. The van der Waals surface area contributed by atoms with E-state index in [0.29, 0.717) is 13.1 Å². The first kappa shape index (κ1) is 20.2. The van der Waals surface area contributed by atoms with E-state index >= 15 is 0 Å². The molecule has 0 saturated carbocycles. The zero-order valence-electron chi connectivity index (χ0n) is 15.3. The van der Waals surface area contributed by atoms with Gasteiger partial charge in [0, 0.05) is 0 Å². The number of nitrogens with zero attached hydrogens (tertiary/aromatic N) is 1. The van der Waals surface area contributed by atoms with Crippen molar-refractivity contribution in [1.29, 1.82) is 0 Å². The van der Waals surface area contributed by atoms with Gasteiger partial charge in [0.15, 0.2) is 5.75 Å². The molecular weight excluding hydrogens is 397 g/mol. The Bertz CT molecular complexity index is 892. The molecule has 0 aliphatic rings. The van der Waals surface area contributed by atoms with Crippen LogP contribution < -0.4 is 4.74 Å². The number of methoxy groups -OCH3 is 1. The van der Waals surface area contributed by atoms with Gasteiger partial charge in [-0.25, -0.2) is 4.79 Å². The highest BCUT2D eigenvalue weighted by molar-refractivity contribution is 6.37. The van der Waals surface area contributed by atoms with Gasteiger partial charge >= 0.3 is 5.97 Å². The third-order valence-corrected chi connectivity index (χ3v) is 4.70. The predicted molar refractivity (Wildman–Crippen MR) is 111 cm³/mol. The predicted octanol–water partition coefficient (Wildman–Crippen LogP) is 5.78. The highest BCUT2D eigenvalue weighted by Gasteiger charge is 2.24. The van der Waals surface area contributed by atoms with Crippen LogP contribution in [0.5, 0.6) is 5.75 Å².